The molecule has 1 aliphatic heterocycles. The van der Waals surface area contributed by atoms with Gasteiger partial charge in [0.05, 0.1) is 6.10 Å². The molecule has 1 unspecified atom stereocenters. The third-order valence-electron chi connectivity index (χ3n) is 7.12. The summed E-state index contributed by atoms with van der Waals surface area (Å²) in [4.78, 5) is 30.4. The first-order chi connectivity index (χ1) is 16.0. The van der Waals surface area contributed by atoms with Gasteiger partial charge in [0.1, 0.15) is 5.82 Å². The Morgan fingerprint density at radius 1 is 1.12 bits per heavy atom. The van der Waals surface area contributed by atoms with E-state index in [9.17, 15) is 14.7 Å². The van der Waals surface area contributed by atoms with Gasteiger partial charge in [0.15, 0.2) is 5.78 Å². The number of carbonyl (C=O) groups is 2. The van der Waals surface area contributed by atoms with E-state index in [1.54, 1.807) is 19.2 Å². The number of amides is 1. The van der Waals surface area contributed by atoms with Crippen LogP contribution in [0.25, 0.3) is 0 Å². The first-order valence-electron chi connectivity index (χ1n) is 12.2. The number of rotatable bonds is 9. The van der Waals surface area contributed by atoms with Crippen molar-refractivity contribution in [2.45, 2.75) is 70.4 Å². The molecular formula is C27H35N3O3. The number of likely N-dealkylation sites (tertiary alicyclic amines) is 1. The van der Waals surface area contributed by atoms with Crippen molar-refractivity contribution in [3.05, 3.63) is 59.3 Å². The fraction of sp³-hybridized carbons (Fsp3) is 0.519. The van der Waals surface area contributed by atoms with Crippen LogP contribution in [0.15, 0.2) is 42.6 Å². The second kappa shape index (κ2) is 10.9. The van der Waals surface area contributed by atoms with E-state index in [1.165, 1.54) is 11.1 Å². The van der Waals surface area contributed by atoms with E-state index in [0.717, 1.165) is 51.6 Å². The van der Waals surface area contributed by atoms with E-state index in [1.807, 2.05) is 11.0 Å². The zero-order valence-electron chi connectivity index (χ0n) is 19.5. The van der Waals surface area contributed by atoms with Gasteiger partial charge in [-0.05, 0) is 74.1 Å². The van der Waals surface area contributed by atoms with Gasteiger partial charge in [0.2, 0.25) is 5.91 Å². The van der Waals surface area contributed by atoms with Crippen molar-refractivity contribution in [3.63, 3.8) is 0 Å². The largest absolute Gasteiger partial charge is 0.393 e. The minimum atomic E-state index is -0.441. The Balaban J connectivity index is 1.19. The van der Waals surface area contributed by atoms with Gasteiger partial charge in [-0.3, -0.25) is 9.59 Å². The minimum absolute atomic E-state index is 0.0409. The van der Waals surface area contributed by atoms with Gasteiger partial charge in [-0.2, -0.15) is 0 Å². The Bertz CT molecular complexity index is 944. The number of ketones is 1. The molecule has 2 N–H and O–H groups in total. The number of nitrogens with zero attached hydrogens (tertiary/aromatic N) is 2. The predicted molar refractivity (Wildman–Crippen MR) is 129 cm³/mol. The Morgan fingerprint density at radius 3 is 2.48 bits per heavy atom. The van der Waals surface area contributed by atoms with Gasteiger partial charge >= 0.3 is 0 Å². The van der Waals surface area contributed by atoms with Crippen LogP contribution in [0.4, 0.5) is 5.82 Å². The summed E-state index contributed by atoms with van der Waals surface area (Å²) < 4.78 is 0. The normalized spacial score (nSPS) is 17.6. The molecule has 1 fully saturated rings. The van der Waals surface area contributed by atoms with Crippen molar-refractivity contribution in [2.24, 2.45) is 5.92 Å². The van der Waals surface area contributed by atoms with Crippen LogP contribution in [0.2, 0.25) is 0 Å². The number of hydrogen-bond acceptors (Lipinski definition) is 5. The maximum atomic E-state index is 12.7. The van der Waals surface area contributed by atoms with E-state index in [0.29, 0.717) is 30.1 Å². The number of piperidine rings is 1. The molecule has 33 heavy (non-hydrogen) atoms. The van der Waals surface area contributed by atoms with Gasteiger partial charge in [-0.15, -0.1) is 0 Å². The topological polar surface area (TPSA) is 82.5 Å². The highest BCUT2D eigenvalue weighted by molar-refractivity contribution is 5.96. The molecule has 1 saturated heterocycles. The molecule has 1 atom stereocenters. The number of hydrogen-bond donors (Lipinski definition) is 2. The molecule has 0 bridgehead atoms. The summed E-state index contributed by atoms with van der Waals surface area (Å²) in [5.74, 6) is 1.46. The van der Waals surface area contributed by atoms with Crippen LogP contribution < -0.4 is 5.32 Å². The van der Waals surface area contributed by atoms with Crippen LogP contribution in [0, 0.1) is 5.92 Å². The number of carbonyl (C=O) groups excluding carboxylic acids is 2. The average molecular weight is 450 g/mol. The second-order valence-electron chi connectivity index (χ2n) is 9.59. The number of anilines is 1. The zero-order chi connectivity index (χ0) is 23.2. The van der Waals surface area contributed by atoms with Crippen LogP contribution in [0.3, 0.4) is 0 Å². The maximum Gasteiger partial charge on any atom is 0.219 e. The highest BCUT2D eigenvalue weighted by Crippen LogP contribution is 2.30. The summed E-state index contributed by atoms with van der Waals surface area (Å²) in [6.45, 7) is 3.10. The van der Waals surface area contributed by atoms with Crippen molar-refractivity contribution in [2.75, 3.05) is 18.4 Å². The number of nitrogens with one attached hydrogen (secondary N) is 1. The van der Waals surface area contributed by atoms with Crippen LogP contribution in [-0.4, -0.2) is 51.9 Å². The van der Waals surface area contributed by atoms with Crippen molar-refractivity contribution in [3.8, 4) is 0 Å². The van der Waals surface area contributed by atoms with Gasteiger partial charge in [0, 0.05) is 44.2 Å². The van der Waals surface area contributed by atoms with Crippen molar-refractivity contribution >= 4 is 17.5 Å². The lowest BCUT2D eigenvalue weighted by Crippen LogP contribution is -2.41. The number of Topliss-reactive ketones (excluding diaryl/α,β-unsaturated/α-hetero) is 1. The molecule has 0 spiro atoms. The summed E-state index contributed by atoms with van der Waals surface area (Å²) in [5, 5.41) is 13.9. The third-order valence-corrected chi connectivity index (χ3v) is 7.12. The van der Waals surface area contributed by atoms with Crippen LogP contribution in [-0.2, 0) is 17.6 Å². The van der Waals surface area contributed by atoms with Gasteiger partial charge in [-0.25, -0.2) is 4.98 Å². The lowest BCUT2D eigenvalue weighted by molar-refractivity contribution is -0.129. The van der Waals surface area contributed by atoms with Gasteiger partial charge in [0.25, 0.3) is 0 Å². The van der Waals surface area contributed by atoms with Crippen molar-refractivity contribution < 1.29 is 14.7 Å². The highest BCUT2D eigenvalue weighted by atomic mass is 16.3. The first kappa shape index (κ1) is 23.4. The molecular weight excluding hydrogens is 414 g/mol. The Labute approximate surface area is 196 Å². The molecule has 1 aromatic heterocycles. The van der Waals surface area contributed by atoms with E-state index < -0.39 is 6.10 Å². The zero-order valence-corrected chi connectivity index (χ0v) is 19.5. The summed E-state index contributed by atoms with van der Waals surface area (Å²) in [6, 6.07) is 12.4. The predicted octanol–water partition coefficient (Wildman–Crippen LogP) is 4.02. The van der Waals surface area contributed by atoms with Gasteiger partial charge in [-0.1, -0.05) is 24.3 Å². The van der Waals surface area contributed by atoms with E-state index in [-0.39, 0.29) is 17.7 Å². The molecule has 0 radical (unpaired) electrons. The Morgan fingerprint density at radius 2 is 1.82 bits per heavy atom. The number of aliphatic hydroxyl groups excluding tert-OH is 1. The molecule has 4 rings (SSSR count). The number of aromatic nitrogens is 1. The van der Waals surface area contributed by atoms with Gasteiger partial charge < -0.3 is 15.3 Å². The SMILES string of the molecule is CC(=O)N1CCC(Nc2cc(C(=O)CCC(O)CCC3Cc4ccccc4C3)ccn2)CC1. The second-order valence-corrected chi connectivity index (χ2v) is 9.59. The quantitative estimate of drug-likeness (QED) is 0.565. The van der Waals surface area contributed by atoms with Crippen LogP contribution in [0.1, 0.15) is 66.9 Å². The van der Waals surface area contributed by atoms with E-state index in [4.69, 9.17) is 0 Å². The highest BCUT2D eigenvalue weighted by Gasteiger charge is 2.23. The first-order valence-corrected chi connectivity index (χ1v) is 12.2. The van der Waals surface area contributed by atoms with E-state index >= 15 is 0 Å². The monoisotopic (exact) mass is 449 g/mol. The fourth-order valence-corrected chi connectivity index (χ4v) is 5.10. The summed E-state index contributed by atoms with van der Waals surface area (Å²) in [5.41, 5.74) is 3.52. The summed E-state index contributed by atoms with van der Waals surface area (Å²) in [6.07, 6.45) is 7.74. The molecule has 6 nitrogen and oxygen atoms in total. The third kappa shape index (κ3) is 6.41. The lowest BCUT2D eigenvalue weighted by atomic mass is 9.95. The fourth-order valence-electron chi connectivity index (χ4n) is 5.10. The molecule has 2 heterocycles. The summed E-state index contributed by atoms with van der Waals surface area (Å²) in [7, 11) is 0. The van der Waals surface area contributed by atoms with E-state index in [2.05, 4.69) is 34.6 Å². The lowest BCUT2D eigenvalue weighted by Gasteiger charge is -2.32. The van der Waals surface area contributed by atoms with Crippen molar-refractivity contribution in [1.29, 1.82) is 0 Å². The smallest absolute Gasteiger partial charge is 0.219 e. The number of fused-ring (bicyclic) bond motifs is 1. The van der Waals surface area contributed by atoms with Crippen LogP contribution >= 0.6 is 0 Å². The number of aliphatic hydroxyl groups is 1. The molecule has 176 valence electrons. The standard InChI is InChI=1S/C27H35N3O3/c1-19(31)30-14-11-24(12-15-30)29-27-18-23(10-13-28-27)26(33)9-8-25(32)7-6-20-16-21-4-2-3-5-22(21)17-20/h2-5,10,13,18,20,24-25,32H,6-9,11-12,14-17H2,1H3,(H,28,29). The number of benzene rings is 1. The molecule has 1 aromatic carbocycles. The average Bonchev–Trinajstić information content (AvgIpc) is 3.25. The van der Waals surface area contributed by atoms with Crippen LogP contribution in [0.5, 0.6) is 0 Å². The molecule has 6 heteroatoms. The minimum Gasteiger partial charge on any atom is -0.393 e. The molecule has 1 amide bonds. The Kier molecular flexibility index (Phi) is 7.76. The maximum absolute atomic E-state index is 12.7. The molecule has 2 aliphatic rings. The molecule has 0 saturated carbocycles. The molecule has 1 aliphatic carbocycles. The number of pyridine rings is 1. The molecule has 2 aromatic rings. The summed E-state index contributed by atoms with van der Waals surface area (Å²) >= 11 is 0. The van der Waals surface area contributed by atoms with Crippen molar-refractivity contribution in [1.82, 2.24) is 9.88 Å². The Hall–Kier alpha value is -2.73.